The van der Waals surface area contributed by atoms with Crippen molar-refractivity contribution in [2.24, 2.45) is 0 Å². The molecule has 37 heavy (non-hydrogen) atoms. The Hall–Kier alpha value is -4.05. The summed E-state index contributed by atoms with van der Waals surface area (Å²) >= 11 is 0. The highest BCUT2D eigenvalue weighted by atomic mass is 32.2. The number of hydrogen-bond donors (Lipinski definition) is 3. The molecule has 0 aliphatic carbocycles. The molecule has 0 spiro atoms. The molecule has 0 bridgehead atoms. The van der Waals surface area contributed by atoms with E-state index in [1.165, 1.54) is 4.86 Å². The van der Waals surface area contributed by atoms with E-state index in [-0.39, 0.29) is 16.4 Å². The summed E-state index contributed by atoms with van der Waals surface area (Å²) in [7, 11) is 1.64. The molecule has 3 aromatic heterocycles. The summed E-state index contributed by atoms with van der Waals surface area (Å²) in [5, 5.41) is 10.2. The number of nitrogens with zero attached hydrogens (tertiary/aromatic N) is 4. The van der Waals surface area contributed by atoms with Crippen LogP contribution in [0.3, 0.4) is 0 Å². The number of hydrogen-bond acceptors (Lipinski definition) is 8. The van der Waals surface area contributed by atoms with Gasteiger partial charge in [0.15, 0.2) is 11.6 Å². The highest BCUT2D eigenvalue weighted by molar-refractivity contribution is 8.15. The minimum absolute atomic E-state index is 0.00229. The van der Waals surface area contributed by atoms with E-state index in [4.69, 9.17) is 4.74 Å². The monoisotopic (exact) mass is 515 g/mol. The van der Waals surface area contributed by atoms with Crippen molar-refractivity contribution in [1.29, 1.82) is 0 Å². The Morgan fingerprint density at radius 2 is 2.00 bits per heavy atom. The lowest BCUT2D eigenvalue weighted by atomic mass is 10.0. The van der Waals surface area contributed by atoms with Crippen LogP contribution in [0.1, 0.15) is 22.3 Å². The minimum Gasteiger partial charge on any atom is -0.488 e. The smallest absolute Gasteiger partial charge is 0.251 e. The summed E-state index contributed by atoms with van der Waals surface area (Å²) in [5.74, 6) is 2.12. The molecule has 0 unspecified atom stereocenters. The van der Waals surface area contributed by atoms with Crippen LogP contribution in [-0.2, 0) is 0 Å². The molecule has 0 fully saturated rings. The van der Waals surface area contributed by atoms with Gasteiger partial charge in [0.05, 0.1) is 23.3 Å². The number of aromatic nitrogens is 4. The number of ether oxygens (including phenoxy) is 1. The van der Waals surface area contributed by atoms with Crippen molar-refractivity contribution in [2.45, 2.75) is 6.42 Å². The molecule has 9 nitrogen and oxygen atoms in total. The van der Waals surface area contributed by atoms with Crippen molar-refractivity contribution in [3.8, 4) is 17.0 Å². The van der Waals surface area contributed by atoms with Crippen molar-refractivity contribution in [3.05, 3.63) is 66.2 Å². The molecular formula is C27H29N7O2S. The number of pyridine rings is 2. The maximum absolute atomic E-state index is 12.4. The van der Waals surface area contributed by atoms with Crippen molar-refractivity contribution in [3.63, 3.8) is 0 Å². The second kappa shape index (κ2) is 10.9. The number of benzene rings is 1. The Kier molecular flexibility index (Phi) is 7.27. The van der Waals surface area contributed by atoms with Crippen LogP contribution >= 0.6 is 10.5 Å². The third-order valence-corrected chi connectivity index (χ3v) is 7.57. The lowest BCUT2D eigenvalue weighted by Crippen LogP contribution is -2.19. The summed E-state index contributed by atoms with van der Waals surface area (Å²) in [5.41, 5.74) is 4.20. The van der Waals surface area contributed by atoms with Gasteiger partial charge in [-0.1, -0.05) is 18.2 Å². The second-order valence-corrected chi connectivity index (χ2v) is 10.8. The number of anilines is 2. The van der Waals surface area contributed by atoms with Crippen molar-refractivity contribution in [2.75, 3.05) is 49.9 Å². The van der Waals surface area contributed by atoms with Gasteiger partial charge in [0.25, 0.3) is 5.91 Å². The summed E-state index contributed by atoms with van der Waals surface area (Å²) in [4.78, 5) is 31.6. The Balaban J connectivity index is 1.35. The van der Waals surface area contributed by atoms with Gasteiger partial charge in [0, 0.05) is 48.6 Å². The van der Waals surface area contributed by atoms with Crippen molar-refractivity contribution < 1.29 is 9.53 Å². The molecule has 1 amide bonds. The molecule has 0 radical (unpaired) electrons. The molecule has 1 aliphatic heterocycles. The zero-order valence-electron chi connectivity index (χ0n) is 21.0. The van der Waals surface area contributed by atoms with E-state index in [9.17, 15) is 4.79 Å². The molecule has 10 heteroatoms. The molecule has 0 saturated heterocycles. The maximum atomic E-state index is 12.4. The van der Waals surface area contributed by atoms with Crippen LogP contribution in [0.4, 0.5) is 11.6 Å². The summed E-state index contributed by atoms with van der Waals surface area (Å²) in [6.45, 7) is 2.06. The molecule has 1 aromatic carbocycles. The molecule has 5 rings (SSSR count). The van der Waals surface area contributed by atoms with E-state index >= 15 is 0 Å². The van der Waals surface area contributed by atoms with E-state index in [0.717, 1.165) is 58.1 Å². The normalized spacial score (nSPS) is 12.4. The molecule has 4 aromatic rings. The van der Waals surface area contributed by atoms with Crippen LogP contribution in [0.15, 0.2) is 55.1 Å². The fourth-order valence-electron chi connectivity index (χ4n) is 4.37. The van der Waals surface area contributed by atoms with Crippen LogP contribution in [0.5, 0.6) is 5.75 Å². The minimum atomic E-state index is -0.115. The van der Waals surface area contributed by atoms with Crippen LogP contribution in [-0.4, -0.2) is 70.0 Å². The van der Waals surface area contributed by atoms with Crippen LogP contribution in [0.25, 0.3) is 22.2 Å². The quantitative estimate of drug-likeness (QED) is 0.252. The van der Waals surface area contributed by atoms with Crippen molar-refractivity contribution >= 4 is 43.8 Å². The lowest BCUT2D eigenvalue weighted by Gasteiger charge is -2.18. The fraction of sp³-hybridized carbons (Fsp3) is 0.259. The molecule has 0 saturated carbocycles. The van der Waals surface area contributed by atoms with E-state index in [2.05, 4.69) is 54.5 Å². The van der Waals surface area contributed by atoms with Crippen LogP contribution < -0.4 is 20.7 Å². The van der Waals surface area contributed by atoms with Crippen molar-refractivity contribution in [1.82, 2.24) is 25.3 Å². The second-order valence-electron chi connectivity index (χ2n) is 8.69. The third-order valence-electron chi connectivity index (χ3n) is 6.16. The van der Waals surface area contributed by atoms with E-state index in [0.29, 0.717) is 18.7 Å². The van der Waals surface area contributed by atoms with Gasteiger partial charge in [-0.05, 0) is 35.9 Å². The Morgan fingerprint density at radius 3 is 2.84 bits per heavy atom. The number of amides is 1. The first kappa shape index (κ1) is 24.6. The van der Waals surface area contributed by atoms with E-state index in [1.54, 1.807) is 31.8 Å². The van der Waals surface area contributed by atoms with Gasteiger partial charge >= 0.3 is 0 Å². The molecule has 1 aliphatic rings. The molecule has 190 valence electrons. The lowest BCUT2D eigenvalue weighted by molar-refractivity contribution is 0.0964. The zero-order chi connectivity index (χ0) is 25.8. The average molecular weight is 516 g/mol. The van der Waals surface area contributed by atoms with Gasteiger partial charge in [-0.3, -0.25) is 9.78 Å². The van der Waals surface area contributed by atoms with Crippen LogP contribution in [0, 0.1) is 0 Å². The predicted octanol–water partition coefficient (Wildman–Crippen LogP) is 3.80. The molecule has 4 heterocycles. The number of para-hydroxylation sites is 1. The number of fused-ring (bicyclic) bond motifs is 2. The number of nitrogens with one attached hydrogen (secondary N) is 3. The van der Waals surface area contributed by atoms with Gasteiger partial charge in [-0.2, -0.15) is 10.5 Å². The fourth-order valence-corrected chi connectivity index (χ4v) is 5.48. The Bertz CT molecular complexity index is 1500. The summed E-state index contributed by atoms with van der Waals surface area (Å²) < 4.78 is 5.72. The Labute approximate surface area is 218 Å². The van der Waals surface area contributed by atoms with Gasteiger partial charge in [0.2, 0.25) is 0 Å². The summed E-state index contributed by atoms with van der Waals surface area (Å²) in [6.07, 6.45) is 10.3. The first-order chi connectivity index (χ1) is 18.0. The topological polar surface area (TPSA) is 114 Å². The first-order valence-corrected chi connectivity index (χ1v) is 14.1. The SMILES string of the molecule is CNC(=O)c1ccnc2c(C(CCNc3cc(-c4cnc5c(c4)OCCN5)ncn3)=S(C)C)cccc12. The number of rotatable bonds is 7. The molecular weight excluding hydrogens is 486 g/mol. The largest absolute Gasteiger partial charge is 0.488 e. The summed E-state index contributed by atoms with van der Waals surface area (Å²) in [6, 6.07) is 11.7. The standard InChI is InChI=1S/C27H29N7O2S/c1-28-27(35)19-7-9-30-25-18(19)5-4-6-20(25)23(37(2)3)8-10-29-24-14-21(33-16-34-24)17-13-22-26(32-15-17)31-11-12-36-22/h4-7,9,13-16H,8,10-12H2,1-3H3,(H,28,35)(H,31,32)(H,29,33,34). The Morgan fingerprint density at radius 1 is 1.11 bits per heavy atom. The number of carbonyl (C=O) groups is 1. The maximum Gasteiger partial charge on any atom is 0.251 e. The molecule has 0 atom stereocenters. The van der Waals surface area contributed by atoms with E-state index in [1.807, 2.05) is 24.3 Å². The highest BCUT2D eigenvalue weighted by Gasteiger charge is 2.15. The van der Waals surface area contributed by atoms with Gasteiger partial charge in [-0.25, -0.2) is 15.0 Å². The third kappa shape index (κ3) is 5.24. The predicted molar refractivity (Wildman–Crippen MR) is 151 cm³/mol. The molecule has 3 N–H and O–H groups in total. The number of carbonyl (C=O) groups excluding carboxylic acids is 1. The first-order valence-electron chi connectivity index (χ1n) is 12.0. The average Bonchev–Trinajstić information content (AvgIpc) is 2.94. The van der Waals surface area contributed by atoms with Crippen LogP contribution in [0.2, 0.25) is 0 Å². The van der Waals surface area contributed by atoms with Gasteiger partial charge in [0.1, 0.15) is 18.8 Å². The van der Waals surface area contributed by atoms with Gasteiger partial charge in [-0.15, -0.1) is 0 Å². The van der Waals surface area contributed by atoms with Gasteiger partial charge < -0.3 is 20.7 Å². The zero-order valence-corrected chi connectivity index (χ0v) is 21.9. The van der Waals surface area contributed by atoms with E-state index < -0.39 is 0 Å². The highest BCUT2D eigenvalue weighted by Crippen LogP contribution is 2.30.